The van der Waals surface area contributed by atoms with Crippen molar-refractivity contribution in [2.24, 2.45) is 0 Å². The molecule has 7 nitrogen and oxygen atoms in total. The van der Waals surface area contributed by atoms with E-state index in [1.165, 1.54) is 36.0 Å². The quantitative estimate of drug-likeness (QED) is 0.338. The lowest BCUT2D eigenvalue weighted by atomic mass is 10.3. The molecule has 3 rings (SSSR count). The van der Waals surface area contributed by atoms with Crippen LogP contribution in [0.2, 0.25) is 0 Å². The zero-order valence-corrected chi connectivity index (χ0v) is 15.6. The average Bonchev–Trinajstić information content (AvgIpc) is 2.68. The molecule has 28 heavy (non-hydrogen) atoms. The smallest absolute Gasteiger partial charge is 0.349 e. The lowest BCUT2D eigenvalue weighted by molar-refractivity contribution is -0.136. The van der Waals surface area contributed by atoms with Crippen LogP contribution in [0, 0.1) is 12.7 Å². The van der Waals surface area contributed by atoms with Crippen molar-refractivity contribution in [3.05, 3.63) is 76.4 Å². The summed E-state index contributed by atoms with van der Waals surface area (Å²) >= 11 is 1.31. The number of ether oxygens (including phenoxy) is 2. The summed E-state index contributed by atoms with van der Waals surface area (Å²) in [6, 6.07) is 8.65. The topological polar surface area (TPSA) is 91.5 Å². The Bertz CT molecular complexity index is 1040. The fraction of sp³-hybridized carbons (Fsp3) is 0.158. The van der Waals surface area contributed by atoms with E-state index >= 15 is 0 Å². The van der Waals surface area contributed by atoms with Crippen molar-refractivity contribution in [3.63, 3.8) is 0 Å². The summed E-state index contributed by atoms with van der Waals surface area (Å²) < 4.78 is 28.7. The van der Waals surface area contributed by atoms with Gasteiger partial charge in [0.25, 0.3) is 0 Å². The molecule has 0 aliphatic heterocycles. The summed E-state index contributed by atoms with van der Waals surface area (Å²) in [6.45, 7) is 1.30. The summed E-state index contributed by atoms with van der Waals surface area (Å²) in [5.74, 6) is -1.11. The van der Waals surface area contributed by atoms with Crippen LogP contribution in [-0.2, 0) is 10.5 Å². The summed E-state index contributed by atoms with van der Waals surface area (Å²) in [4.78, 5) is 32.2. The number of halogens is 1. The Morgan fingerprint density at radius 1 is 1.25 bits per heavy atom. The standard InChI is InChI=1S/C19H15FN2O5S/c1-12-6-7-21-19(22-12)28-11-13-8-15(23)17(9-25-13)27-18(24)10-26-16-5-3-2-4-14(16)20/h2-9H,10-11H2,1H3. The number of para-hydroxylation sites is 1. The molecular formula is C19H15FN2O5S. The van der Waals surface area contributed by atoms with E-state index in [2.05, 4.69) is 9.97 Å². The first kappa shape index (κ1) is 19.6. The molecule has 0 radical (unpaired) electrons. The lowest BCUT2D eigenvalue weighted by Gasteiger charge is -2.07. The molecule has 0 unspecified atom stereocenters. The minimum absolute atomic E-state index is 0.0859. The fourth-order valence-electron chi connectivity index (χ4n) is 2.07. The molecule has 144 valence electrons. The molecule has 0 N–H and O–H groups in total. The Labute approximate surface area is 163 Å². The molecular weight excluding hydrogens is 387 g/mol. The maximum atomic E-state index is 13.4. The van der Waals surface area contributed by atoms with Crippen molar-refractivity contribution >= 4 is 17.7 Å². The van der Waals surface area contributed by atoms with Gasteiger partial charge >= 0.3 is 5.97 Å². The molecule has 9 heteroatoms. The van der Waals surface area contributed by atoms with Gasteiger partial charge in [0.1, 0.15) is 12.0 Å². The van der Waals surface area contributed by atoms with Gasteiger partial charge in [0.05, 0.1) is 5.75 Å². The highest BCUT2D eigenvalue weighted by molar-refractivity contribution is 7.98. The van der Waals surface area contributed by atoms with Gasteiger partial charge in [-0.25, -0.2) is 19.2 Å². The number of aryl methyl sites for hydroxylation is 1. The number of hydrogen-bond acceptors (Lipinski definition) is 8. The Kier molecular flexibility index (Phi) is 6.38. The van der Waals surface area contributed by atoms with Crippen LogP contribution >= 0.6 is 11.8 Å². The van der Waals surface area contributed by atoms with Crippen LogP contribution in [0.1, 0.15) is 11.5 Å². The van der Waals surface area contributed by atoms with E-state index < -0.39 is 23.8 Å². The average molecular weight is 402 g/mol. The van der Waals surface area contributed by atoms with Crippen molar-refractivity contribution in [2.45, 2.75) is 17.8 Å². The van der Waals surface area contributed by atoms with Gasteiger partial charge in [0.15, 0.2) is 23.3 Å². The van der Waals surface area contributed by atoms with Crippen LogP contribution < -0.4 is 14.9 Å². The molecule has 0 aliphatic rings. The molecule has 0 fully saturated rings. The highest BCUT2D eigenvalue weighted by Crippen LogP contribution is 2.19. The number of aromatic nitrogens is 2. The second-order valence-corrected chi connectivity index (χ2v) is 6.48. The highest BCUT2D eigenvalue weighted by Gasteiger charge is 2.13. The maximum Gasteiger partial charge on any atom is 0.349 e. The number of hydrogen-bond donors (Lipinski definition) is 0. The number of benzene rings is 1. The van der Waals surface area contributed by atoms with Gasteiger partial charge in [-0.1, -0.05) is 23.9 Å². The van der Waals surface area contributed by atoms with E-state index in [1.54, 1.807) is 18.3 Å². The maximum absolute atomic E-state index is 13.4. The Morgan fingerprint density at radius 2 is 2.07 bits per heavy atom. The van der Waals surface area contributed by atoms with Gasteiger partial charge in [0.2, 0.25) is 11.2 Å². The number of carbonyl (C=O) groups excluding carboxylic acids is 1. The number of esters is 1. The van der Waals surface area contributed by atoms with Gasteiger partial charge < -0.3 is 13.9 Å². The van der Waals surface area contributed by atoms with Crippen LogP contribution in [0.15, 0.2) is 63.2 Å². The minimum atomic E-state index is -0.856. The number of thioether (sulfide) groups is 1. The van der Waals surface area contributed by atoms with Crippen LogP contribution in [0.5, 0.6) is 11.5 Å². The molecule has 2 aromatic heterocycles. The van der Waals surface area contributed by atoms with Gasteiger partial charge in [-0.2, -0.15) is 0 Å². The van der Waals surface area contributed by atoms with Gasteiger partial charge in [-0.3, -0.25) is 4.79 Å². The minimum Gasteiger partial charge on any atom is -0.479 e. The molecule has 0 atom stereocenters. The van der Waals surface area contributed by atoms with Crippen molar-refractivity contribution in [1.29, 1.82) is 0 Å². The zero-order valence-electron chi connectivity index (χ0n) is 14.8. The zero-order chi connectivity index (χ0) is 19.9. The fourth-order valence-corrected chi connectivity index (χ4v) is 2.84. The van der Waals surface area contributed by atoms with E-state index in [0.717, 1.165) is 12.0 Å². The second-order valence-electron chi connectivity index (χ2n) is 5.54. The van der Waals surface area contributed by atoms with Crippen molar-refractivity contribution in [2.75, 3.05) is 6.61 Å². The summed E-state index contributed by atoms with van der Waals surface area (Å²) in [6.07, 6.45) is 2.70. The molecule has 2 heterocycles. The van der Waals surface area contributed by atoms with Gasteiger partial charge in [-0.05, 0) is 25.1 Å². The van der Waals surface area contributed by atoms with Crippen molar-refractivity contribution in [3.8, 4) is 11.5 Å². The lowest BCUT2D eigenvalue weighted by Crippen LogP contribution is -2.21. The Balaban J connectivity index is 1.55. The molecule has 3 aromatic rings. The third-order valence-corrected chi connectivity index (χ3v) is 4.26. The van der Waals surface area contributed by atoms with E-state index in [-0.39, 0.29) is 11.5 Å². The van der Waals surface area contributed by atoms with Gasteiger partial charge in [-0.15, -0.1) is 0 Å². The molecule has 0 saturated carbocycles. The summed E-state index contributed by atoms with van der Waals surface area (Å²) in [5, 5.41) is 0.559. The Hall–Kier alpha value is -3.20. The molecule has 0 spiro atoms. The second kappa shape index (κ2) is 9.14. The van der Waals surface area contributed by atoms with E-state index in [4.69, 9.17) is 13.9 Å². The first-order chi connectivity index (χ1) is 13.5. The van der Waals surface area contributed by atoms with Crippen LogP contribution in [0.25, 0.3) is 0 Å². The molecule has 1 aromatic carbocycles. The third kappa shape index (κ3) is 5.40. The molecule has 0 bridgehead atoms. The molecule has 0 aliphatic carbocycles. The first-order valence-corrected chi connectivity index (χ1v) is 9.12. The summed E-state index contributed by atoms with van der Waals surface area (Å²) in [5.41, 5.74) is 0.310. The number of carbonyl (C=O) groups is 1. The number of rotatable bonds is 7. The van der Waals surface area contributed by atoms with Gasteiger partial charge in [0, 0.05) is 18.0 Å². The molecule has 0 amide bonds. The van der Waals surface area contributed by atoms with E-state index in [1.807, 2.05) is 6.92 Å². The van der Waals surface area contributed by atoms with Crippen molar-refractivity contribution < 1.29 is 23.1 Å². The highest BCUT2D eigenvalue weighted by atomic mass is 32.2. The van der Waals surface area contributed by atoms with E-state index in [0.29, 0.717) is 16.7 Å². The predicted molar refractivity (Wildman–Crippen MR) is 98.8 cm³/mol. The van der Waals surface area contributed by atoms with E-state index in [9.17, 15) is 14.0 Å². The SMILES string of the molecule is Cc1ccnc(SCc2cc(=O)c(OC(=O)COc3ccccc3F)co2)n1. The third-order valence-electron chi connectivity index (χ3n) is 3.37. The van der Waals surface area contributed by atoms with Crippen molar-refractivity contribution in [1.82, 2.24) is 9.97 Å². The normalized spacial score (nSPS) is 10.5. The monoisotopic (exact) mass is 402 g/mol. The largest absolute Gasteiger partial charge is 0.479 e. The first-order valence-electron chi connectivity index (χ1n) is 8.13. The molecule has 0 saturated heterocycles. The number of nitrogens with zero attached hydrogens (tertiary/aromatic N) is 2. The Morgan fingerprint density at radius 3 is 2.82 bits per heavy atom. The van der Waals surface area contributed by atoms with Crippen LogP contribution in [0.4, 0.5) is 4.39 Å². The predicted octanol–water partition coefficient (Wildman–Crippen LogP) is 3.15. The van der Waals surface area contributed by atoms with Crippen LogP contribution in [0.3, 0.4) is 0 Å². The van der Waals surface area contributed by atoms with Crippen LogP contribution in [-0.4, -0.2) is 22.5 Å². The summed E-state index contributed by atoms with van der Waals surface area (Å²) in [7, 11) is 0.